The molecule has 3 aromatic rings. The van der Waals surface area contributed by atoms with Gasteiger partial charge in [-0.25, -0.2) is 4.68 Å². The van der Waals surface area contributed by atoms with E-state index in [1.807, 2.05) is 66.2 Å². The molecule has 0 radical (unpaired) electrons. The number of methoxy groups -OCH3 is 1. The van der Waals surface area contributed by atoms with Gasteiger partial charge in [0.05, 0.1) is 36.8 Å². The van der Waals surface area contributed by atoms with E-state index in [1.54, 1.807) is 7.11 Å². The number of aliphatic hydroxyl groups is 1. The Hall–Kier alpha value is -3.31. The molecule has 2 aromatic carbocycles. The number of benzene rings is 2. The van der Waals surface area contributed by atoms with E-state index in [0.717, 1.165) is 29.9 Å². The van der Waals surface area contributed by atoms with E-state index in [9.17, 15) is 5.11 Å². The second-order valence-electron chi connectivity index (χ2n) is 7.98. The van der Waals surface area contributed by atoms with Crippen molar-refractivity contribution in [1.82, 2.24) is 14.7 Å². The molecular weight excluding hydrogens is 430 g/mol. The highest BCUT2D eigenvalue weighted by Gasteiger charge is 2.23. The van der Waals surface area contributed by atoms with Crippen molar-refractivity contribution < 1.29 is 19.3 Å². The van der Waals surface area contributed by atoms with E-state index >= 15 is 0 Å². The van der Waals surface area contributed by atoms with Crippen molar-refractivity contribution in [3.05, 3.63) is 65.9 Å². The molecule has 0 saturated heterocycles. The first-order valence-electron chi connectivity index (χ1n) is 11.4. The lowest BCUT2D eigenvalue weighted by Gasteiger charge is -2.25. The van der Waals surface area contributed by atoms with Gasteiger partial charge in [-0.15, -0.1) is 6.42 Å². The molecule has 7 heteroatoms. The molecule has 0 spiro atoms. The van der Waals surface area contributed by atoms with Crippen molar-refractivity contribution in [2.24, 2.45) is 0 Å². The maximum absolute atomic E-state index is 10.5. The molecule has 0 fully saturated rings. The Morgan fingerprint density at radius 1 is 1.12 bits per heavy atom. The zero-order chi connectivity index (χ0) is 24.3. The molecule has 0 bridgehead atoms. The minimum Gasteiger partial charge on any atom is -0.493 e. The molecule has 0 aliphatic rings. The van der Waals surface area contributed by atoms with E-state index in [1.165, 1.54) is 0 Å². The Morgan fingerprint density at radius 2 is 1.82 bits per heavy atom. The molecule has 1 aromatic heterocycles. The summed E-state index contributed by atoms with van der Waals surface area (Å²) in [5, 5.41) is 15.3. The van der Waals surface area contributed by atoms with E-state index in [4.69, 9.17) is 25.7 Å². The lowest BCUT2D eigenvalue weighted by atomic mass is 10.2. The van der Waals surface area contributed by atoms with Crippen molar-refractivity contribution in [2.45, 2.75) is 32.9 Å². The van der Waals surface area contributed by atoms with Crippen LogP contribution in [0.15, 0.2) is 54.6 Å². The number of para-hydroxylation sites is 3. The number of hydrogen-bond acceptors (Lipinski definition) is 6. The van der Waals surface area contributed by atoms with Gasteiger partial charge in [0.2, 0.25) is 5.88 Å². The Bertz CT molecular complexity index is 1080. The van der Waals surface area contributed by atoms with E-state index in [-0.39, 0.29) is 13.2 Å². The van der Waals surface area contributed by atoms with Gasteiger partial charge in [-0.05, 0) is 44.2 Å². The van der Waals surface area contributed by atoms with Gasteiger partial charge in [0, 0.05) is 13.1 Å². The summed E-state index contributed by atoms with van der Waals surface area (Å²) < 4.78 is 19.1. The second-order valence-corrected chi connectivity index (χ2v) is 7.98. The highest BCUT2D eigenvalue weighted by atomic mass is 16.5. The highest BCUT2D eigenvalue weighted by molar-refractivity contribution is 5.47. The topological polar surface area (TPSA) is 69.0 Å². The largest absolute Gasteiger partial charge is 0.493 e. The number of hydrogen-bond donors (Lipinski definition) is 1. The monoisotopic (exact) mass is 463 g/mol. The van der Waals surface area contributed by atoms with E-state index in [0.29, 0.717) is 30.5 Å². The summed E-state index contributed by atoms with van der Waals surface area (Å²) in [4.78, 5) is 2.18. The molecule has 1 N–H and O–H groups in total. The Balaban J connectivity index is 1.95. The summed E-state index contributed by atoms with van der Waals surface area (Å²) in [6.45, 7) is 6.27. The van der Waals surface area contributed by atoms with Gasteiger partial charge in [0.25, 0.3) is 0 Å². The van der Waals surface area contributed by atoms with Crippen molar-refractivity contribution in [1.29, 1.82) is 0 Å². The second kappa shape index (κ2) is 12.8. The van der Waals surface area contributed by atoms with Crippen LogP contribution < -0.4 is 9.47 Å². The van der Waals surface area contributed by atoms with Crippen LogP contribution in [-0.2, 0) is 11.3 Å². The van der Waals surface area contributed by atoms with Crippen LogP contribution in [0.4, 0.5) is 0 Å². The van der Waals surface area contributed by atoms with Crippen molar-refractivity contribution in [2.75, 3.05) is 33.4 Å². The first-order chi connectivity index (χ1) is 16.6. The standard InChI is InChI=1S/C27H33N3O4/c1-5-16-29(18-23(31)20-33-17-6-2)19-24-21(3)28-30(22-12-8-7-9-13-22)27(24)34-26-15-11-10-14-25(26)32-4/h2,7-15,23,31H,5,16-20H2,1,3-4H3. The Kier molecular flexibility index (Phi) is 9.53. The number of ether oxygens (including phenoxy) is 3. The minimum atomic E-state index is -0.650. The summed E-state index contributed by atoms with van der Waals surface area (Å²) >= 11 is 0. The quantitative estimate of drug-likeness (QED) is 0.303. The SMILES string of the molecule is C#CCOCC(O)CN(CCC)Cc1c(C)nn(-c2ccccc2)c1Oc1ccccc1OC. The van der Waals surface area contributed by atoms with Crippen molar-refractivity contribution in [3.8, 4) is 35.4 Å². The number of terminal acetylenes is 1. The third-order valence-corrected chi connectivity index (χ3v) is 5.30. The molecule has 3 rings (SSSR count). The van der Waals surface area contributed by atoms with Crippen LogP contribution in [-0.4, -0.2) is 59.3 Å². The molecule has 0 aliphatic carbocycles. The first-order valence-corrected chi connectivity index (χ1v) is 11.4. The molecular formula is C27H33N3O4. The molecule has 180 valence electrons. The lowest BCUT2D eigenvalue weighted by molar-refractivity contribution is 0.0259. The molecule has 0 amide bonds. The molecule has 1 unspecified atom stereocenters. The highest BCUT2D eigenvalue weighted by Crippen LogP contribution is 2.36. The van der Waals surface area contributed by atoms with Gasteiger partial charge in [0.1, 0.15) is 6.61 Å². The van der Waals surface area contributed by atoms with Gasteiger partial charge in [-0.1, -0.05) is 43.2 Å². The van der Waals surface area contributed by atoms with Crippen LogP contribution in [0, 0.1) is 19.3 Å². The predicted octanol–water partition coefficient (Wildman–Crippen LogP) is 4.20. The fourth-order valence-electron chi connectivity index (χ4n) is 3.76. The number of aliphatic hydroxyl groups excluding tert-OH is 1. The number of nitrogens with zero attached hydrogens (tertiary/aromatic N) is 3. The van der Waals surface area contributed by atoms with Gasteiger partial charge in [0.15, 0.2) is 11.5 Å². The average Bonchev–Trinajstić information content (AvgIpc) is 3.15. The number of aryl methyl sites for hydroxylation is 1. The van der Waals surface area contributed by atoms with Crippen LogP contribution in [0.5, 0.6) is 17.4 Å². The molecule has 1 heterocycles. The summed E-state index contributed by atoms with van der Waals surface area (Å²) in [6, 6.07) is 17.4. The zero-order valence-corrected chi connectivity index (χ0v) is 20.1. The Morgan fingerprint density at radius 3 is 2.50 bits per heavy atom. The normalized spacial score (nSPS) is 11.9. The van der Waals surface area contributed by atoms with Crippen molar-refractivity contribution >= 4 is 0 Å². The van der Waals surface area contributed by atoms with Gasteiger partial charge in [-0.3, -0.25) is 4.90 Å². The van der Waals surface area contributed by atoms with Crippen LogP contribution in [0.3, 0.4) is 0 Å². The molecule has 7 nitrogen and oxygen atoms in total. The smallest absolute Gasteiger partial charge is 0.227 e. The van der Waals surface area contributed by atoms with Gasteiger partial charge in [-0.2, -0.15) is 5.10 Å². The number of aromatic nitrogens is 2. The maximum atomic E-state index is 10.5. The van der Waals surface area contributed by atoms with Gasteiger partial charge < -0.3 is 19.3 Å². The van der Waals surface area contributed by atoms with Crippen LogP contribution >= 0.6 is 0 Å². The van der Waals surface area contributed by atoms with Crippen LogP contribution in [0.1, 0.15) is 24.6 Å². The summed E-state index contributed by atoms with van der Waals surface area (Å²) in [7, 11) is 1.62. The maximum Gasteiger partial charge on any atom is 0.227 e. The zero-order valence-electron chi connectivity index (χ0n) is 20.1. The summed E-state index contributed by atoms with van der Waals surface area (Å²) in [5.74, 6) is 4.28. The fourth-order valence-corrected chi connectivity index (χ4v) is 3.76. The average molecular weight is 464 g/mol. The minimum absolute atomic E-state index is 0.185. The van der Waals surface area contributed by atoms with Crippen LogP contribution in [0.25, 0.3) is 5.69 Å². The molecule has 0 aliphatic heterocycles. The fraction of sp³-hybridized carbons (Fsp3) is 0.370. The molecule has 1 atom stereocenters. The van der Waals surface area contributed by atoms with E-state index < -0.39 is 6.10 Å². The lowest BCUT2D eigenvalue weighted by Crippen LogP contribution is -2.35. The summed E-state index contributed by atoms with van der Waals surface area (Å²) in [6.07, 6.45) is 5.52. The number of rotatable bonds is 13. The van der Waals surface area contributed by atoms with E-state index in [2.05, 4.69) is 17.7 Å². The third-order valence-electron chi connectivity index (χ3n) is 5.30. The van der Waals surface area contributed by atoms with Crippen LogP contribution in [0.2, 0.25) is 0 Å². The van der Waals surface area contributed by atoms with Gasteiger partial charge >= 0.3 is 0 Å². The predicted molar refractivity (Wildman–Crippen MR) is 133 cm³/mol. The van der Waals surface area contributed by atoms with Crippen molar-refractivity contribution in [3.63, 3.8) is 0 Å². The first kappa shape index (κ1) is 25.3. The molecule has 0 saturated carbocycles. The summed E-state index contributed by atoms with van der Waals surface area (Å²) in [5.41, 5.74) is 2.69. The Labute approximate surface area is 201 Å². The molecule has 34 heavy (non-hydrogen) atoms. The third kappa shape index (κ3) is 6.61.